The molecule has 2 rings (SSSR count). The Bertz CT molecular complexity index is 213. The van der Waals surface area contributed by atoms with Crippen molar-refractivity contribution in [3.63, 3.8) is 0 Å². The Balaban J connectivity index is 2.14. The lowest BCUT2D eigenvalue weighted by atomic mass is 9.97. The van der Waals surface area contributed by atoms with Crippen LogP contribution in [0.3, 0.4) is 0 Å². The molecule has 2 nitrogen and oxygen atoms in total. The highest BCUT2D eigenvalue weighted by molar-refractivity contribution is 5.19. The van der Waals surface area contributed by atoms with Crippen molar-refractivity contribution in [2.45, 2.75) is 24.9 Å². The summed E-state index contributed by atoms with van der Waals surface area (Å²) in [5.74, 6) is 0.611. The second-order valence-corrected chi connectivity index (χ2v) is 3.55. The number of nitrogens with two attached hydrogens (primary N) is 1. The van der Waals surface area contributed by atoms with E-state index >= 15 is 0 Å². The van der Waals surface area contributed by atoms with Gasteiger partial charge in [-0.25, -0.2) is 4.39 Å². The molecule has 68 valence electrons. The molecule has 0 saturated heterocycles. The molecule has 1 saturated carbocycles. The molecule has 1 aliphatic heterocycles. The predicted octanol–water partition coefficient (Wildman–Crippen LogP) is 1.37. The summed E-state index contributed by atoms with van der Waals surface area (Å²) in [4.78, 5) is 0. The molecular formula is C9H14FNO. The van der Waals surface area contributed by atoms with Crippen LogP contribution in [0, 0.1) is 5.92 Å². The first-order valence-electron chi connectivity index (χ1n) is 4.50. The van der Waals surface area contributed by atoms with Crippen LogP contribution in [-0.2, 0) is 4.74 Å². The van der Waals surface area contributed by atoms with E-state index < -0.39 is 5.67 Å². The summed E-state index contributed by atoms with van der Waals surface area (Å²) in [5.41, 5.74) is 4.08. The van der Waals surface area contributed by atoms with Crippen molar-refractivity contribution < 1.29 is 9.13 Å². The Hall–Kier alpha value is -0.570. The van der Waals surface area contributed by atoms with Gasteiger partial charge in [-0.05, 0) is 18.9 Å². The number of ether oxygens (including phenoxy) is 1. The quantitative estimate of drug-likeness (QED) is 0.696. The molecule has 1 fully saturated rings. The van der Waals surface area contributed by atoms with Crippen molar-refractivity contribution in [2.24, 2.45) is 11.7 Å². The Morgan fingerprint density at radius 1 is 1.67 bits per heavy atom. The average molecular weight is 171 g/mol. The van der Waals surface area contributed by atoms with Crippen LogP contribution in [-0.4, -0.2) is 18.8 Å². The number of rotatable bonds is 3. The minimum atomic E-state index is -1.35. The second-order valence-electron chi connectivity index (χ2n) is 3.55. The van der Waals surface area contributed by atoms with Gasteiger partial charge >= 0.3 is 0 Å². The van der Waals surface area contributed by atoms with Crippen molar-refractivity contribution in [2.75, 3.05) is 13.2 Å². The Morgan fingerprint density at radius 3 is 2.83 bits per heavy atom. The maximum absolute atomic E-state index is 14.1. The van der Waals surface area contributed by atoms with Crippen LogP contribution < -0.4 is 5.73 Å². The lowest BCUT2D eigenvalue weighted by molar-refractivity contribution is 0.0895. The zero-order valence-electron chi connectivity index (χ0n) is 7.05. The molecule has 0 amide bonds. The van der Waals surface area contributed by atoms with Crippen LogP contribution in [0.1, 0.15) is 19.3 Å². The van der Waals surface area contributed by atoms with E-state index in [1.54, 1.807) is 0 Å². The largest absolute Gasteiger partial charge is 0.494 e. The lowest BCUT2D eigenvalue weighted by Crippen LogP contribution is -2.37. The summed E-state index contributed by atoms with van der Waals surface area (Å²) in [6, 6.07) is 0. The van der Waals surface area contributed by atoms with E-state index in [4.69, 9.17) is 10.5 Å². The molecule has 1 unspecified atom stereocenters. The third-order valence-electron chi connectivity index (χ3n) is 2.64. The molecule has 0 radical (unpaired) electrons. The summed E-state index contributed by atoms with van der Waals surface area (Å²) in [5, 5.41) is 0. The van der Waals surface area contributed by atoms with Gasteiger partial charge in [0, 0.05) is 18.9 Å². The highest BCUT2D eigenvalue weighted by Gasteiger charge is 2.49. The van der Waals surface area contributed by atoms with Crippen LogP contribution in [0.5, 0.6) is 0 Å². The molecule has 0 aromatic carbocycles. The zero-order chi connectivity index (χ0) is 8.60. The summed E-state index contributed by atoms with van der Waals surface area (Å²) < 4.78 is 19.3. The van der Waals surface area contributed by atoms with E-state index in [0.717, 1.165) is 19.3 Å². The number of halogens is 1. The molecule has 2 aliphatic rings. The van der Waals surface area contributed by atoms with Crippen LogP contribution in [0.4, 0.5) is 4.39 Å². The molecule has 0 aromatic rings. The smallest absolute Gasteiger partial charge is 0.182 e. The number of hydrogen-bond donors (Lipinski definition) is 1. The molecule has 1 heterocycles. The van der Waals surface area contributed by atoms with Crippen molar-refractivity contribution in [1.29, 1.82) is 0 Å². The second kappa shape index (κ2) is 2.73. The van der Waals surface area contributed by atoms with E-state index in [9.17, 15) is 4.39 Å². The lowest BCUT2D eigenvalue weighted by Gasteiger charge is -2.24. The first-order valence-corrected chi connectivity index (χ1v) is 4.50. The minimum absolute atomic E-state index is 0.0590. The van der Waals surface area contributed by atoms with Gasteiger partial charge in [-0.3, -0.25) is 0 Å². The first kappa shape index (κ1) is 8.05. The van der Waals surface area contributed by atoms with Crippen molar-refractivity contribution >= 4 is 0 Å². The summed E-state index contributed by atoms with van der Waals surface area (Å²) in [6.45, 7) is 0.678. The molecule has 0 aromatic heterocycles. The van der Waals surface area contributed by atoms with E-state index in [-0.39, 0.29) is 12.5 Å². The summed E-state index contributed by atoms with van der Waals surface area (Å²) in [6.07, 6.45) is 4.57. The first-order chi connectivity index (χ1) is 5.77. The van der Waals surface area contributed by atoms with Crippen LogP contribution >= 0.6 is 0 Å². The van der Waals surface area contributed by atoms with Gasteiger partial charge in [-0.1, -0.05) is 0 Å². The van der Waals surface area contributed by atoms with Gasteiger partial charge in [0.2, 0.25) is 0 Å². The van der Waals surface area contributed by atoms with E-state index in [2.05, 4.69) is 0 Å². The Labute approximate surface area is 71.6 Å². The van der Waals surface area contributed by atoms with Gasteiger partial charge in [0.05, 0.1) is 6.61 Å². The third kappa shape index (κ3) is 1.12. The van der Waals surface area contributed by atoms with Crippen molar-refractivity contribution in [3.05, 3.63) is 11.8 Å². The van der Waals surface area contributed by atoms with E-state index in [1.807, 2.05) is 6.08 Å². The third-order valence-corrected chi connectivity index (χ3v) is 2.64. The normalized spacial score (nSPS) is 27.7. The highest BCUT2D eigenvalue weighted by atomic mass is 19.1. The Morgan fingerprint density at radius 2 is 2.42 bits per heavy atom. The van der Waals surface area contributed by atoms with E-state index in [0.29, 0.717) is 12.4 Å². The van der Waals surface area contributed by atoms with Gasteiger partial charge in [0.25, 0.3) is 0 Å². The maximum atomic E-state index is 14.1. The predicted molar refractivity (Wildman–Crippen MR) is 44.3 cm³/mol. The molecular weight excluding hydrogens is 157 g/mol. The van der Waals surface area contributed by atoms with Gasteiger partial charge in [0.1, 0.15) is 5.76 Å². The van der Waals surface area contributed by atoms with Gasteiger partial charge in [-0.15, -0.1) is 0 Å². The molecule has 3 heteroatoms. The average Bonchev–Trinajstić information content (AvgIpc) is 2.80. The van der Waals surface area contributed by atoms with Gasteiger partial charge in [-0.2, -0.15) is 0 Å². The SMILES string of the molecule is NCC(F)(C1=CCCO1)C1CC1. The number of alkyl halides is 1. The Kier molecular flexibility index (Phi) is 1.83. The van der Waals surface area contributed by atoms with Crippen molar-refractivity contribution in [1.82, 2.24) is 0 Å². The maximum Gasteiger partial charge on any atom is 0.182 e. The minimum Gasteiger partial charge on any atom is -0.494 e. The topological polar surface area (TPSA) is 35.2 Å². The van der Waals surface area contributed by atoms with Crippen LogP contribution in [0.15, 0.2) is 11.8 Å². The molecule has 0 bridgehead atoms. The van der Waals surface area contributed by atoms with Crippen LogP contribution in [0.2, 0.25) is 0 Å². The molecule has 12 heavy (non-hydrogen) atoms. The molecule has 1 aliphatic carbocycles. The fraction of sp³-hybridized carbons (Fsp3) is 0.778. The molecule has 1 atom stereocenters. The van der Waals surface area contributed by atoms with Crippen LogP contribution in [0.25, 0.3) is 0 Å². The van der Waals surface area contributed by atoms with Crippen molar-refractivity contribution in [3.8, 4) is 0 Å². The standard InChI is InChI=1S/C9H14FNO/c10-9(6-11,7-3-4-7)8-2-1-5-12-8/h2,7H,1,3-6,11H2. The zero-order valence-corrected chi connectivity index (χ0v) is 7.05. The fourth-order valence-electron chi connectivity index (χ4n) is 1.72. The van der Waals surface area contributed by atoms with E-state index in [1.165, 1.54) is 0 Å². The molecule has 0 spiro atoms. The van der Waals surface area contributed by atoms with Gasteiger partial charge in [0.15, 0.2) is 5.67 Å². The summed E-state index contributed by atoms with van der Waals surface area (Å²) in [7, 11) is 0. The van der Waals surface area contributed by atoms with Gasteiger partial charge < -0.3 is 10.5 Å². The fourth-order valence-corrected chi connectivity index (χ4v) is 1.72. The molecule has 2 N–H and O–H groups in total. The monoisotopic (exact) mass is 171 g/mol. The summed E-state index contributed by atoms with van der Waals surface area (Å²) >= 11 is 0. The number of hydrogen-bond acceptors (Lipinski definition) is 2. The highest BCUT2D eigenvalue weighted by Crippen LogP contribution is 2.46.